The Labute approximate surface area is 102 Å². The highest BCUT2D eigenvalue weighted by Crippen LogP contribution is 2.30. The fourth-order valence-corrected chi connectivity index (χ4v) is 2.45. The molecule has 1 saturated carbocycles. The van der Waals surface area contributed by atoms with Crippen LogP contribution in [0.5, 0.6) is 5.75 Å². The Morgan fingerprint density at radius 1 is 1.25 bits per heavy atom. The fourth-order valence-electron chi connectivity index (χ4n) is 2.26. The van der Waals surface area contributed by atoms with Crippen LogP contribution in [0.2, 0.25) is 5.02 Å². The summed E-state index contributed by atoms with van der Waals surface area (Å²) in [6.07, 6.45) is 5.67. The molecule has 0 heterocycles. The zero-order valence-corrected chi connectivity index (χ0v) is 10.2. The third-order valence-electron chi connectivity index (χ3n) is 3.29. The van der Waals surface area contributed by atoms with E-state index in [1.807, 2.05) is 24.3 Å². The van der Waals surface area contributed by atoms with E-state index in [-0.39, 0.29) is 5.54 Å². The summed E-state index contributed by atoms with van der Waals surface area (Å²) in [5.41, 5.74) is 6.25. The van der Waals surface area contributed by atoms with Crippen LogP contribution in [-0.2, 0) is 0 Å². The standard InChI is InChI=1S/C13H18ClNO/c14-11-5-1-2-6-12(11)16-10-9-13(15)7-3-4-8-13/h1-2,5-6H,3-4,7-10,15H2. The first-order valence-corrected chi connectivity index (χ1v) is 6.24. The number of hydrogen-bond donors (Lipinski definition) is 1. The lowest BCUT2D eigenvalue weighted by molar-refractivity contribution is 0.258. The summed E-state index contributed by atoms with van der Waals surface area (Å²) in [7, 11) is 0. The summed E-state index contributed by atoms with van der Waals surface area (Å²) >= 11 is 6.00. The van der Waals surface area contributed by atoms with E-state index in [1.165, 1.54) is 12.8 Å². The van der Waals surface area contributed by atoms with Crippen LogP contribution in [0.4, 0.5) is 0 Å². The Kier molecular flexibility index (Phi) is 3.72. The van der Waals surface area contributed by atoms with E-state index in [4.69, 9.17) is 22.1 Å². The van der Waals surface area contributed by atoms with Crippen molar-refractivity contribution in [1.82, 2.24) is 0 Å². The van der Waals surface area contributed by atoms with Crippen molar-refractivity contribution in [3.05, 3.63) is 29.3 Å². The molecule has 88 valence electrons. The van der Waals surface area contributed by atoms with Crippen molar-refractivity contribution < 1.29 is 4.74 Å². The van der Waals surface area contributed by atoms with E-state index in [0.29, 0.717) is 11.6 Å². The minimum Gasteiger partial charge on any atom is -0.492 e. The largest absolute Gasteiger partial charge is 0.492 e. The molecular weight excluding hydrogens is 222 g/mol. The molecule has 1 aliphatic carbocycles. The van der Waals surface area contributed by atoms with Gasteiger partial charge in [-0.25, -0.2) is 0 Å². The molecular formula is C13H18ClNO. The van der Waals surface area contributed by atoms with E-state index >= 15 is 0 Å². The molecule has 0 saturated heterocycles. The van der Waals surface area contributed by atoms with Crippen LogP contribution >= 0.6 is 11.6 Å². The van der Waals surface area contributed by atoms with Gasteiger partial charge in [0.1, 0.15) is 5.75 Å². The first kappa shape index (κ1) is 11.7. The fraction of sp³-hybridized carbons (Fsp3) is 0.538. The van der Waals surface area contributed by atoms with Crippen LogP contribution in [0.3, 0.4) is 0 Å². The number of hydrogen-bond acceptors (Lipinski definition) is 2. The lowest BCUT2D eigenvalue weighted by Crippen LogP contribution is -2.37. The Balaban J connectivity index is 1.82. The van der Waals surface area contributed by atoms with Gasteiger partial charge in [-0.15, -0.1) is 0 Å². The second-order valence-electron chi connectivity index (χ2n) is 4.60. The molecule has 0 unspecified atom stereocenters. The van der Waals surface area contributed by atoms with Gasteiger partial charge in [0.2, 0.25) is 0 Å². The van der Waals surface area contributed by atoms with Crippen LogP contribution in [-0.4, -0.2) is 12.1 Å². The van der Waals surface area contributed by atoms with Gasteiger partial charge >= 0.3 is 0 Å². The van der Waals surface area contributed by atoms with Gasteiger partial charge < -0.3 is 10.5 Å². The number of ether oxygens (including phenoxy) is 1. The predicted octanol–water partition coefficient (Wildman–Crippen LogP) is 3.38. The van der Waals surface area contributed by atoms with Gasteiger partial charge in [0.15, 0.2) is 0 Å². The zero-order valence-electron chi connectivity index (χ0n) is 9.42. The molecule has 0 spiro atoms. The van der Waals surface area contributed by atoms with Crippen molar-refractivity contribution in [2.75, 3.05) is 6.61 Å². The number of nitrogens with two attached hydrogens (primary N) is 1. The zero-order chi connectivity index (χ0) is 11.4. The Hall–Kier alpha value is -0.730. The lowest BCUT2D eigenvalue weighted by atomic mass is 9.95. The van der Waals surface area contributed by atoms with E-state index in [9.17, 15) is 0 Å². The number of benzene rings is 1. The highest BCUT2D eigenvalue weighted by Gasteiger charge is 2.28. The number of halogens is 1. The Morgan fingerprint density at radius 3 is 2.62 bits per heavy atom. The normalized spacial score (nSPS) is 18.6. The van der Waals surface area contributed by atoms with Gasteiger partial charge in [0.25, 0.3) is 0 Å². The van der Waals surface area contributed by atoms with Gasteiger partial charge in [-0.3, -0.25) is 0 Å². The summed E-state index contributed by atoms with van der Waals surface area (Å²) in [5.74, 6) is 0.755. The smallest absolute Gasteiger partial charge is 0.137 e. The minimum absolute atomic E-state index is 0.00125. The average Bonchev–Trinajstić information content (AvgIpc) is 2.68. The molecule has 16 heavy (non-hydrogen) atoms. The number of rotatable bonds is 4. The molecule has 0 atom stereocenters. The molecule has 1 fully saturated rings. The van der Waals surface area contributed by atoms with Crippen molar-refractivity contribution in [3.8, 4) is 5.75 Å². The molecule has 0 aromatic heterocycles. The van der Waals surface area contributed by atoms with Crippen LogP contribution in [0.15, 0.2) is 24.3 Å². The molecule has 1 aromatic carbocycles. The summed E-state index contributed by atoms with van der Waals surface area (Å²) < 4.78 is 5.65. The van der Waals surface area contributed by atoms with Crippen LogP contribution in [0.25, 0.3) is 0 Å². The van der Waals surface area contributed by atoms with E-state index < -0.39 is 0 Å². The third kappa shape index (κ3) is 2.89. The molecule has 2 nitrogen and oxygen atoms in total. The van der Waals surface area contributed by atoms with E-state index in [0.717, 1.165) is 25.0 Å². The van der Waals surface area contributed by atoms with E-state index in [2.05, 4.69) is 0 Å². The SMILES string of the molecule is NC1(CCOc2ccccc2Cl)CCCC1. The summed E-state index contributed by atoms with van der Waals surface area (Å²) in [6, 6.07) is 7.55. The van der Waals surface area contributed by atoms with Gasteiger partial charge in [-0.1, -0.05) is 36.6 Å². The van der Waals surface area contributed by atoms with Crippen molar-refractivity contribution in [2.45, 2.75) is 37.6 Å². The molecule has 0 radical (unpaired) electrons. The van der Waals surface area contributed by atoms with Crippen molar-refractivity contribution in [2.24, 2.45) is 5.73 Å². The first-order chi connectivity index (χ1) is 7.70. The average molecular weight is 240 g/mol. The van der Waals surface area contributed by atoms with Crippen molar-refractivity contribution >= 4 is 11.6 Å². The quantitative estimate of drug-likeness (QED) is 0.874. The van der Waals surface area contributed by atoms with E-state index in [1.54, 1.807) is 0 Å². The van der Waals surface area contributed by atoms with Gasteiger partial charge in [-0.05, 0) is 31.4 Å². The second-order valence-corrected chi connectivity index (χ2v) is 5.01. The molecule has 2 rings (SSSR count). The number of para-hydroxylation sites is 1. The van der Waals surface area contributed by atoms with Crippen molar-refractivity contribution in [3.63, 3.8) is 0 Å². The maximum absolute atomic E-state index is 6.25. The molecule has 1 aromatic rings. The van der Waals surface area contributed by atoms with Crippen molar-refractivity contribution in [1.29, 1.82) is 0 Å². The van der Waals surface area contributed by atoms with Crippen LogP contribution < -0.4 is 10.5 Å². The Bertz CT molecular complexity index is 348. The summed E-state index contributed by atoms with van der Waals surface area (Å²) in [4.78, 5) is 0. The summed E-state index contributed by atoms with van der Waals surface area (Å²) in [5, 5.41) is 0.667. The topological polar surface area (TPSA) is 35.2 Å². The van der Waals surface area contributed by atoms with Gasteiger partial charge in [0.05, 0.1) is 11.6 Å². The van der Waals surface area contributed by atoms with Crippen LogP contribution in [0, 0.1) is 0 Å². The maximum Gasteiger partial charge on any atom is 0.137 e. The summed E-state index contributed by atoms with van der Waals surface area (Å²) in [6.45, 7) is 0.653. The first-order valence-electron chi connectivity index (χ1n) is 5.86. The molecule has 0 amide bonds. The second kappa shape index (κ2) is 5.07. The lowest BCUT2D eigenvalue weighted by Gasteiger charge is -2.23. The molecule has 2 N–H and O–H groups in total. The monoisotopic (exact) mass is 239 g/mol. The van der Waals surface area contributed by atoms with Gasteiger partial charge in [-0.2, -0.15) is 0 Å². The Morgan fingerprint density at radius 2 is 1.94 bits per heavy atom. The predicted molar refractivity (Wildman–Crippen MR) is 67.0 cm³/mol. The molecule has 1 aliphatic rings. The third-order valence-corrected chi connectivity index (χ3v) is 3.61. The minimum atomic E-state index is 0.00125. The molecule has 3 heteroatoms. The molecule has 0 bridgehead atoms. The van der Waals surface area contributed by atoms with Crippen LogP contribution in [0.1, 0.15) is 32.1 Å². The maximum atomic E-state index is 6.25. The highest BCUT2D eigenvalue weighted by molar-refractivity contribution is 6.32. The van der Waals surface area contributed by atoms with Gasteiger partial charge in [0, 0.05) is 5.54 Å². The molecule has 0 aliphatic heterocycles. The highest BCUT2D eigenvalue weighted by atomic mass is 35.5.